The third kappa shape index (κ3) is 40.0. The van der Waals surface area contributed by atoms with Crippen molar-refractivity contribution in [1.82, 2.24) is 52.2 Å². The van der Waals surface area contributed by atoms with Crippen LogP contribution >= 0.6 is 0 Å². The second-order valence-corrected chi connectivity index (χ2v) is 26.1. The summed E-state index contributed by atoms with van der Waals surface area (Å²) in [4.78, 5) is 90.5. The van der Waals surface area contributed by atoms with Crippen molar-refractivity contribution < 1.29 is 132 Å². The fraction of sp³-hybridized carbons (Fsp3) is 0.866. The number of aryl methyl sites for hydroxylation is 1. The third-order valence-corrected chi connectivity index (χ3v) is 16.7. The second kappa shape index (κ2) is 54.2. The molecule has 37 heteroatoms. The molecule has 600 valence electrons. The molecule has 3 fully saturated rings. The van der Waals surface area contributed by atoms with Crippen LogP contribution in [0.4, 0.5) is 0 Å². The number of ether oxygens (including phenoxy) is 11. The summed E-state index contributed by atoms with van der Waals surface area (Å²) in [7, 11) is 0. The molecule has 0 unspecified atom stereocenters. The molecule has 4 heterocycles. The molecule has 0 aliphatic carbocycles. The monoisotopic (exact) mass is 1500 g/mol. The molecule has 3 saturated heterocycles. The molecule has 0 radical (unpaired) electrons. The van der Waals surface area contributed by atoms with E-state index in [1.165, 1.54) is 0 Å². The lowest BCUT2D eigenvalue weighted by Gasteiger charge is -2.36. The van der Waals surface area contributed by atoms with Crippen LogP contribution in [0, 0.1) is 0 Å². The summed E-state index contributed by atoms with van der Waals surface area (Å²) in [5.41, 5.74) is -0.912. The molecule has 0 bridgehead atoms. The van der Waals surface area contributed by atoms with Gasteiger partial charge in [-0.25, -0.2) is 4.68 Å². The maximum atomic E-state index is 14.0. The minimum Gasteiger partial charge on any atom is -0.394 e. The number of amides is 7. The normalized spacial score (nSPS) is 22.8. The van der Waals surface area contributed by atoms with E-state index in [1.807, 2.05) is 13.8 Å². The van der Waals surface area contributed by atoms with E-state index in [4.69, 9.17) is 52.1 Å². The number of nitrogens with one attached hydrogen (secondary N) is 7. The van der Waals surface area contributed by atoms with E-state index in [0.29, 0.717) is 109 Å². The van der Waals surface area contributed by atoms with Gasteiger partial charge < -0.3 is 135 Å². The zero-order chi connectivity index (χ0) is 75.7. The summed E-state index contributed by atoms with van der Waals surface area (Å²) in [6, 6.07) is 0. The molecule has 0 spiro atoms. The quantitative estimate of drug-likeness (QED) is 0.0274. The summed E-state index contributed by atoms with van der Waals surface area (Å²) in [6.45, 7) is 5.32. The zero-order valence-electron chi connectivity index (χ0n) is 60.5. The summed E-state index contributed by atoms with van der Waals surface area (Å²) in [5.74, 6) is -2.08. The largest absolute Gasteiger partial charge is 0.394 e. The van der Waals surface area contributed by atoms with E-state index >= 15 is 0 Å². The van der Waals surface area contributed by atoms with Crippen molar-refractivity contribution in [2.24, 2.45) is 0 Å². The van der Waals surface area contributed by atoms with Crippen molar-refractivity contribution in [1.29, 1.82) is 0 Å². The third-order valence-electron chi connectivity index (χ3n) is 16.7. The lowest BCUT2D eigenvalue weighted by molar-refractivity contribution is -0.257. The Morgan fingerprint density at radius 2 is 0.808 bits per heavy atom. The van der Waals surface area contributed by atoms with Crippen LogP contribution in [0.1, 0.15) is 142 Å². The molecule has 3 aliphatic rings. The van der Waals surface area contributed by atoms with Gasteiger partial charge in [0.25, 0.3) is 0 Å². The van der Waals surface area contributed by atoms with E-state index in [0.717, 1.165) is 0 Å². The predicted molar refractivity (Wildman–Crippen MR) is 366 cm³/mol. The van der Waals surface area contributed by atoms with Crippen LogP contribution in [0.5, 0.6) is 0 Å². The number of carbonyl (C=O) groups is 7. The minimum absolute atomic E-state index is 0.0485. The highest BCUT2D eigenvalue weighted by molar-refractivity contribution is 5.78. The Labute approximate surface area is 607 Å². The number of hydrogen-bond donors (Lipinski definition) is 16. The molecular weight excluding hydrogens is 1380 g/mol. The highest BCUT2D eigenvalue weighted by Crippen LogP contribution is 2.24. The molecule has 1 aromatic rings. The zero-order valence-corrected chi connectivity index (χ0v) is 60.5. The number of hydrogen-bond acceptors (Lipinski definition) is 29. The Morgan fingerprint density at radius 1 is 0.452 bits per heavy atom. The SMILES string of the molecule is CC(C)OCCOCCn1cc(CCC(=O)NC(COCCC(=O)NCCCNC(=O)CCCCO[C@H]2C[C@@H](O)[C@@H](O)[C@@H](CO)O2)(COCCC(=O)NCCCNC(=O)CCCCO[C@H]2C[C@@H](O)[C@@H](O)[C@@H](CO)O2)COCCC(=O)NCCCNC(=O)CCCCO[C@H]2C[C@@H](O)[C@@H](O)[C@@H](CO)O2)nn1. The molecule has 7 amide bonds. The van der Waals surface area contributed by atoms with Gasteiger partial charge in [-0.1, -0.05) is 5.21 Å². The molecule has 4 rings (SSSR count). The first-order valence-corrected chi connectivity index (χ1v) is 36.6. The number of carbonyl (C=O) groups excluding carboxylic acids is 7. The lowest BCUT2D eigenvalue weighted by atomic mass is 10.0. The van der Waals surface area contributed by atoms with E-state index in [1.54, 1.807) is 10.9 Å². The maximum absolute atomic E-state index is 14.0. The summed E-state index contributed by atoms with van der Waals surface area (Å²) >= 11 is 0. The topological polar surface area (TPSA) is 518 Å². The molecule has 0 aromatic carbocycles. The van der Waals surface area contributed by atoms with Crippen LogP contribution in [0.25, 0.3) is 0 Å². The number of aromatic nitrogens is 3. The van der Waals surface area contributed by atoms with Gasteiger partial charge in [0.1, 0.15) is 42.2 Å². The van der Waals surface area contributed by atoms with Crippen LogP contribution in [0.15, 0.2) is 6.20 Å². The van der Waals surface area contributed by atoms with Crippen molar-refractivity contribution >= 4 is 41.4 Å². The number of unbranched alkanes of at least 4 members (excludes halogenated alkanes) is 3. The Balaban J connectivity index is 1.27. The van der Waals surface area contributed by atoms with Gasteiger partial charge in [0, 0.05) is 136 Å². The number of aliphatic hydroxyl groups excluding tert-OH is 9. The van der Waals surface area contributed by atoms with E-state index in [2.05, 4.69) is 47.5 Å². The molecule has 12 atom stereocenters. The van der Waals surface area contributed by atoms with Gasteiger partial charge >= 0.3 is 0 Å². The average Bonchev–Trinajstić information content (AvgIpc) is 1.03. The fourth-order valence-electron chi connectivity index (χ4n) is 10.8. The minimum atomic E-state index is -1.44. The molecule has 104 heavy (non-hydrogen) atoms. The van der Waals surface area contributed by atoms with E-state index in [9.17, 15) is 79.5 Å². The van der Waals surface area contributed by atoms with Gasteiger partial charge in [0.2, 0.25) is 41.4 Å². The molecule has 16 N–H and O–H groups in total. The van der Waals surface area contributed by atoms with Gasteiger partial charge in [-0.2, -0.15) is 0 Å². The van der Waals surface area contributed by atoms with Gasteiger partial charge in [-0.3, -0.25) is 33.6 Å². The van der Waals surface area contributed by atoms with Crippen molar-refractivity contribution in [3.05, 3.63) is 11.9 Å². The fourth-order valence-corrected chi connectivity index (χ4v) is 10.8. The van der Waals surface area contributed by atoms with Gasteiger partial charge in [-0.15, -0.1) is 5.10 Å². The van der Waals surface area contributed by atoms with E-state index < -0.39 is 105 Å². The van der Waals surface area contributed by atoms with Gasteiger partial charge in [0.05, 0.1) is 116 Å². The van der Waals surface area contributed by atoms with Crippen LogP contribution in [0.2, 0.25) is 0 Å². The van der Waals surface area contributed by atoms with Crippen molar-refractivity contribution in [2.75, 3.05) is 138 Å². The van der Waals surface area contributed by atoms with Crippen molar-refractivity contribution in [3.63, 3.8) is 0 Å². The molecule has 1 aromatic heterocycles. The number of nitrogens with zero attached hydrogens (tertiary/aromatic N) is 3. The Bertz CT molecular complexity index is 2330. The Morgan fingerprint density at radius 3 is 1.15 bits per heavy atom. The first-order valence-electron chi connectivity index (χ1n) is 36.6. The van der Waals surface area contributed by atoms with Crippen LogP contribution < -0.4 is 37.2 Å². The van der Waals surface area contributed by atoms with E-state index in [-0.39, 0.29) is 191 Å². The predicted octanol–water partition coefficient (Wildman–Crippen LogP) is -4.36. The standard InChI is InChI=1S/C67H120N10O27/c1-46(2)98-35-34-94-33-26-77-39-47(75-76-77)15-16-60(90)74-67(43-95-30-17-57(87)71-23-9-20-68-54(84)12-3-6-27-99-61-36-48(81)64(91)51(40-78)102-61,44-96-31-18-58(88)72-24-10-21-69-55(85)13-4-7-28-100-62-37-49(82)65(92)52(41-79)103-62)45-97-32-19-59(89)73-25-11-22-70-56(86)14-5-8-29-101-63-38-50(83)66(93)53(42-80)104-63/h39,46,48-53,61-66,78-83,91-93H,3-38,40-45H2,1-2H3,(H,68,84)(H,69,85)(H,70,86)(H,71,87)(H,72,88)(H,73,89)(H,74,90)/t48-,49-,50-,51-,52-,53-,61-,62-,63-,64-,65-,66-/m1/s1. The Kier molecular flexibility index (Phi) is 47.5. The molecule has 3 aliphatic heterocycles. The summed E-state index contributed by atoms with van der Waals surface area (Å²) in [5, 5.41) is 116. The first kappa shape index (κ1) is 91.0. The molecule has 37 nitrogen and oxygen atoms in total. The maximum Gasteiger partial charge on any atom is 0.222 e. The lowest BCUT2D eigenvalue weighted by Crippen LogP contribution is -2.58. The van der Waals surface area contributed by atoms with Crippen LogP contribution in [-0.4, -0.2) is 326 Å². The second-order valence-electron chi connectivity index (χ2n) is 26.1. The summed E-state index contributed by atoms with van der Waals surface area (Å²) < 4.78 is 64.3. The highest BCUT2D eigenvalue weighted by atomic mass is 16.7. The van der Waals surface area contributed by atoms with Crippen LogP contribution in [-0.2, 0) is 98.6 Å². The number of aliphatic hydroxyl groups is 9. The smallest absolute Gasteiger partial charge is 0.222 e. The van der Waals surface area contributed by atoms with Gasteiger partial charge in [-0.05, 0) is 71.6 Å². The first-order chi connectivity index (χ1) is 50.1. The molecular formula is C67H120N10O27. The number of rotatable bonds is 59. The molecule has 0 saturated carbocycles. The summed E-state index contributed by atoms with van der Waals surface area (Å²) in [6.07, 6.45) is -5.36. The van der Waals surface area contributed by atoms with Crippen LogP contribution in [0.3, 0.4) is 0 Å². The Hall–Kier alpha value is -5.37. The average molecular weight is 1500 g/mol. The highest BCUT2D eigenvalue weighted by Gasteiger charge is 2.40. The van der Waals surface area contributed by atoms with Gasteiger partial charge in [0.15, 0.2) is 18.9 Å². The van der Waals surface area contributed by atoms with Crippen molar-refractivity contribution in [2.45, 2.75) is 234 Å². The van der Waals surface area contributed by atoms with Crippen molar-refractivity contribution in [3.8, 4) is 0 Å².